The summed E-state index contributed by atoms with van der Waals surface area (Å²) in [6, 6.07) is 2.04. The molecule has 1 aromatic rings. The lowest BCUT2D eigenvalue weighted by Gasteiger charge is -2.39. The number of rotatable bonds is 2. The van der Waals surface area contributed by atoms with Gasteiger partial charge in [0.15, 0.2) is 0 Å². The van der Waals surface area contributed by atoms with Gasteiger partial charge in [-0.1, -0.05) is 19.3 Å². The maximum absolute atomic E-state index is 10.6. The molecule has 0 atom stereocenters. The molecule has 0 aliphatic heterocycles. The molecule has 2 aliphatic carbocycles. The van der Waals surface area contributed by atoms with Crippen LogP contribution in [-0.4, -0.2) is 11.7 Å². The number of nitrogens with two attached hydrogens (primary N) is 1. The van der Waals surface area contributed by atoms with Crippen LogP contribution in [0.2, 0.25) is 0 Å². The van der Waals surface area contributed by atoms with Gasteiger partial charge in [0.2, 0.25) is 0 Å². The van der Waals surface area contributed by atoms with Crippen molar-refractivity contribution in [2.24, 2.45) is 5.73 Å². The average molecular weight is 273 g/mol. The third kappa shape index (κ3) is 2.14. The fourth-order valence-electron chi connectivity index (χ4n) is 4.55. The lowest BCUT2D eigenvalue weighted by atomic mass is 9.66. The quantitative estimate of drug-likeness (QED) is 0.862. The molecule has 1 aromatic carbocycles. The van der Waals surface area contributed by atoms with Crippen LogP contribution in [0, 0.1) is 6.92 Å². The van der Waals surface area contributed by atoms with E-state index in [1.807, 2.05) is 6.07 Å². The minimum absolute atomic E-state index is 0.0267. The Morgan fingerprint density at radius 1 is 1.10 bits per heavy atom. The molecule has 0 unspecified atom stereocenters. The van der Waals surface area contributed by atoms with Crippen LogP contribution < -0.4 is 5.73 Å². The van der Waals surface area contributed by atoms with E-state index in [0.29, 0.717) is 12.3 Å². The predicted octanol–water partition coefficient (Wildman–Crippen LogP) is 3.74. The Morgan fingerprint density at radius 2 is 1.80 bits per heavy atom. The molecule has 0 radical (unpaired) electrons. The van der Waals surface area contributed by atoms with Gasteiger partial charge in [-0.25, -0.2) is 0 Å². The molecule has 0 saturated heterocycles. The summed E-state index contributed by atoms with van der Waals surface area (Å²) in [6.45, 7) is 2.88. The van der Waals surface area contributed by atoms with E-state index in [4.69, 9.17) is 5.73 Å². The largest absolute Gasteiger partial charge is 0.508 e. The monoisotopic (exact) mass is 273 g/mol. The Balaban J connectivity index is 2.12. The number of hydrogen-bond donors (Lipinski definition) is 2. The molecule has 0 amide bonds. The molecule has 20 heavy (non-hydrogen) atoms. The standard InChI is InChI=1S/C18H27NO/c1-13-15-8-4-3-7-14(15)11-16(20)17(13)18(12-19)9-5-2-6-10-18/h11,20H,2-10,12,19H2,1H3. The highest BCUT2D eigenvalue weighted by molar-refractivity contribution is 5.53. The molecular formula is C18H27NO. The van der Waals surface area contributed by atoms with Crippen molar-refractivity contribution in [1.29, 1.82) is 0 Å². The van der Waals surface area contributed by atoms with Gasteiger partial charge in [0.1, 0.15) is 5.75 Å². The summed E-state index contributed by atoms with van der Waals surface area (Å²) in [7, 11) is 0. The van der Waals surface area contributed by atoms with Crippen LogP contribution in [0.1, 0.15) is 67.2 Å². The van der Waals surface area contributed by atoms with Gasteiger partial charge in [0, 0.05) is 17.5 Å². The van der Waals surface area contributed by atoms with E-state index >= 15 is 0 Å². The molecule has 0 spiro atoms. The van der Waals surface area contributed by atoms with Crippen molar-refractivity contribution >= 4 is 0 Å². The van der Waals surface area contributed by atoms with Crippen molar-refractivity contribution in [1.82, 2.24) is 0 Å². The van der Waals surface area contributed by atoms with E-state index in [2.05, 4.69) is 6.92 Å². The molecule has 0 aromatic heterocycles. The van der Waals surface area contributed by atoms with Crippen molar-refractivity contribution in [3.05, 3.63) is 28.3 Å². The normalized spacial score (nSPS) is 21.5. The number of aryl methyl sites for hydroxylation is 1. The van der Waals surface area contributed by atoms with Crippen LogP contribution in [0.4, 0.5) is 0 Å². The molecular weight excluding hydrogens is 246 g/mol. The van der Waals surface area contributed by atoms with E-state index in [-0.39, 0.29) is 5.41 Å². The predicted molar refractivity (Wildman–Crippen MR) is 83.3 cm³/mol. The number of phenolic OH excluding ortho intramolecular Hbond substituents is 1. The fraction of sp³-hybridized carbons (Fsp3) is 0.667. The maximum Gasteiger partial charge on any atom is 0.119 e. The summed E-state index contributed by atoms with van der Waals surface area (Å²) < 4.78 is 0. The smallest absolute Gasteiger partial charge is 0.119 e. The molecule has 0 heterocycles. The SMILES string of the molecule is Cc1c2c(cc(O)c1C1(CN)CCCCC1)CCCC2. The number of fused-ring (bicyclic) bond motifs is 1. The van der Waals surface area contributed by atoms with Crippen LogP contribution in [0.15, 0.2) is 6.07 Å². The van der Waals surface area contributed by atoms with Gasteiger partial charge in [-0.2, -0.15) is 0 Å². The van der Waals surface area contributed by atoms with Crippen molar-refractivity contribution in [2.45, 2.75) is 70.1 Å². The first kappa shape index (κ1) is 13.9. The zero-order chi connectivity index (χ0) is 14.2. The highest BCUT2D eigenvalue weighted by Crippen LogP contribution is 2.46. The van der Waals surface area contributed by atoms with E-state index in [0.717, 1.165) is 19.3 Å². The molecule has 3 N–H and O–H groups in total. The van der Waals surface area contributed by atoms with E-state index < -0.39 is 0 Å². The maximum atomic E-state index is 10.6. The Bertz CT molecular complexity index is 501. The van der Waals surface area contributed by atoms with Crippen LogP contribution in [0.25, 0.3) is 0 Å². The van der Waals surface area contributed by atoms with Gasteiger partial charge in [-0.05, 0) is 68.2 Å². The third-order valence-corrected chi connectivity index (χ3v) is 5.64. The second kappa shape index (κ2) is 5.40. The van der Waals surface area contributed by atoms with Crippen molar-refractivity contribution < 1.29 is 5.11 Å². The van der Waals surface area contributed by atoms with Crippen molar-refractivity contribution in [3.8, 4) is 5.75 Å². The molecule has 0 bridgehead atoms. The highest BCUT2D eigenvalue weighted by Gasteiger charge is 2.37. The van der Waals surface area contributed by atoms with E-state index in [1.54, 1.807) is 0 Å². The molecule has 2 nitrogen and oxygen atoms in total. The van der Waals surface area contributed by atoms with Gasteiger partial charge in [0.25, 0.3) is 0 Å². The highest BCUT2D eigenvalue weighted by atomic mass is 16.3. The first-order valence-electron chi connectivity index (χ1n) is 8.23. The molecule has 3 rings (SSSR count). The summed E-state index contributed by atoms with van der Waals surface area (Å²) in [4.78, 5) is 0. The number of benzene rings is 1. The minimum atomic E-state index is 0.0267. The van der Waals surface area contributed by atoms with Gasteiger partial charge >= 0.3 is 0 Å². The number of aromatic hydroxyl groups is 1. The first-order valence-corrected chi connectivity index (χ1v) is 8.23. The summed E-state index contributed by atoms with van der Waals surface area (Å²) in [6.07, 6.45) is 10.9. The zero-order valence-electron chi connectivity index (χ0n) is 12.7. The molecule has 1 saturated carbocycles. The van der Waals surface area contributed by atoms with Crippen LogP contribution >= 0.6 is 0 Å². The van der Waals surface area contributed by atoms with Gasteiger partial charge in [0.05, 0.1) is 0 Å². The Morgan fingerprint density at radius 3 is 2.50 bits per heavy atom. The Labute approximate surface area is 122 Å². The van der Waals surface area contributed by atoms with Crippen molar-refractivity contribution in [3.63, 3.8) is 0 Å². The first-order chi connectivity index (χ1) is 9.68. The molecule has 2 heteroatoms. The summed E-state index contributed by atoms with van der Waals surface area (Å²) in [5.41, 5.74) is 11.6. The fourth-order valence-corrected chi connectivity index (χ4v) is 4.55. The molecule has 110 valence electrons. The van der Waals surface area contributed by atoms with E-state index in [1.165, 1.54) is 60.8 Å². The van der Waals surface area contributed by atoms with Crippen LogP contribution in [0.5, 0.6) is 5.75 Å². The van der Waals surface area contributed by atoms with Crippen LogP contribution in [0.3, 0.4) is 0 Å². The van der Waals surface area contributed by atoms with Crippen LogP contribution in [-0.2, 0) is 18.3 Å². The minimum Gasteiger partial charge on any atom is -0.508 e. The Hall–Kier alpha value is -1.02. The Kier molecular flexibility index (Phi) is 3.76. The van der Waals surface area contributed by atoms with Gasteiger partial charge < -0.3 is 10.8 Å². The average Bonchev–Trinajstić information content (AvgIpc) is 2.48. The molecule has 1 fully saturated rings. The lowest BCUT2D eigenvalue weighted by Crippen LogP contribution is -2.38. The number of hydrogen-bond acceptors (Lipinski definition) is 2. The van der Waals surface area contributed by atoms with E-state index in [9.17, 15) is 5.11 Å². The summed E-state index contributed by atoms with van der Waals surface area (Å²) in [5.74, 6) is 0.510. The number of phenols is 1. The topological polar surface area (TPSA) is 46.2 Å². The van der Waals surface area contributed by atoms with Gasteiger partial charge in [-0.3, -0.25) is 0 Å². The molecule has 2 aliphatic rings. The third-order valence-electron chi connectivity index (χ3n) is 5.64. The zero-order valence-corrected chi connectivity index (χ0v) is 12.7. The van der Waals surface area contributed by atoms with Crippen molar-refractivity contribution in [2.75, 3.05) is 6.54 Å². The summed E-state index contributed by atoms with van der Waals surface area (Å²) >= 11 is 0. The second-order valence-electron chi connectivity index (χ2n) is 6.79. The lowest BCUT2D eigenvalue weighted by molar-refractivity contribution is 0.289. The second-order valence-corrected chi connectivity index (χ2v) is 6.79. The van der Waals surface area contributed by atoms with Gasteiger partial charge in [-0.15, -0.1) is 0 Å². The summed E-state index contributed by atoms with van der Waals surface area (Å²) in [5, 5.41) is 10.6.